The maximum atomic E-state index is 11.1. The van der Waals surface area contributed by atoms with E-state index in [4.69, 9.17) is 9.84 Å². The fourth-order valence-corrected chi connectivity index (χ4v) is 1.75. The summed E-state index contributed by atoms with van der Waals surface area (Å²) >= 11 is 3.19. The molecule has 0 saturated heterocycles. The lowest BCUT2D eigenvalue weighted by Crippen LogP contribution is -2.12. The second kappa shape index (κ2) is 5.69. The standard InChI is InChI=1S/C10H12BrNO4/c1-2-16-9(13)3-4-12-6-7(11)5-8(12)10(14)15/h5-6H,2-4H2,1H3,(H,14,15). The van der Waals surface area contributed by atoms with Gasteiger partial charge in [-0.2, -0.15) is 0 Å². The van der Waals surface area contributed by atoms with Crippen LogP contribution in [0.1, 0.15) is 23.8 Å². The molecule has 1 heterocycles. The van der Waals surface area contributed by atoms with Gasteiger partial charge in [-0.15, -0.1) is 0 Å². The molecular formula is C10H12BrNO4. The Balaban J connectivity index is 2.66. The van der Waals surface area contributed by atoms with Crippen molar-refractivity contribution in [1.29, 1.82) is 0 Å². The molecule has 6 heteroatoms. The first-order valence-corrected chi connectivity index (χ1v) is 5.58. The number of carboxylic acids is 1. The summed E-state index contributed by atoms with van der Waals surface area (Å²) in [5, 5.41) is 8.89. The van der Waals surface area contributed by atoms with Crippen molar-refractivity contribution < 1.29 is 19.4 Å². The fourth-order valence-electron chi connectivity index (χ4n) is 1.28. The number of nitrogens with zero attached hydrogens (tertiary/aromatic N) is 1. The maximum absolute atomic E-state index is 11.1. The average Bonchev–Trinajstić information content (AvgIpc) is 2.57. The van der Waals surface area contributed by atoms with E-state index in [-0.39, 0.29) is 18.1 Å². The van der Waals surface area contributed by atoms with Crippen LogP contribution < -0.4 is 0 Å². The Morgan fingerprint density at radius 3 is 2.81 bits per heavy atom. The first-order valence-electron chi connectivity index (χ1n) is 4.79. The molecule has 5 nitrogen and oxygen atoms in total. The van der Waals surface area contributed by atoms with Crippen molar-refractivity contribution in [1.82, 2.24) is 4.57 Å². The number of esters is 1. The second-order valence-electron chi connectivity index (χ2n) is 3.10. The van der Waals surface area contributed by atoms with Gasteiger partial charge in [0, 0.05) is 17.2 Å². The van der Waals surface area contributed by atoms with Crippen LogP contribution in [0.5, 0.6) is 0 Å². The van der Waals surface area contributed by atoms with Crippen LogP contribution >= 0.6 is 15.9 Å². The van der Waals surface area contributed by atoms with Crippen molar-refractivity contribution in [2.45, 2.75) is 19.9 Å². The Morgan fingerprint density at radius 1 is 1.56 bits per heavy atom. The molecule has 88 valence electrons. The molecule has 1 aromatic rings. The number of aromatic nitrogens is 1. The lowest BCUT2D eigenvalue weighted by atomic mass is 10.4. The molecule has 1 rings (SSSR count). The van der Waals surface area contributed by atoms with Crippen LogP contribution in [0.25, 0.3) is 0 Å². The summed E-state index contributed by atoms with van der Waals surface area (Å²) < 4.78 is 6.94. The van der Waals surface area contributed by atoms with Crippen LogP contribution in [-0.4, -0.2) is 28.2 Å². The Hall–Kier alpha value is -1.30. The van der Waals surface area contributed by atoms with E-state index in [9.17, 15) is 9.59 Å². The predicted octanol–water partition coefficient (Wildman–Crippen LogP) is 1.90. The van der Waals surface area contributed by atoms with Crippen LogP contribution in [0, 0.1) is 0 Å². The van der Waals surface area contributed by atoms with E-state index in [1.807, 2.05) is 0 Å². The zero-order valence-electron chi connectivity index (χ0n) is 8.77. The number of carboxylic acid groups (broad SMARTS) is 1. The molecule has 0 saturated carbocycles. The van der Waals surface area contributed by atoms with Gasteiger partial charge in [0.2, 0.25) is 0 Å². The van der Waals surface area contributed by atoms with E-state index in [1.54, 1.807) is 13.1 Å². The number of halogens is 1. The largest absolute Gasteiger partial charge is 0.477 e. The number of ether oxygens (including phenoxy) is 1. The highest BCUT2D eigenvalue weighted by Gasteiger charge is 2.12. The van der Waals surface area contributed by atoms with Gasteiger partial charge in [-0.3, -0.25) is 4.79 Å². The van der Waals surface area contributed by atoms with Crippen molar-refractivity contribution >= 4 is 27.9 Å². The van der Waals surface area contributed by atoms with Gasteiger partial charge in [-0.25, -0.2) is 4.79 Å². The summed E-state index contributed by atoms with van der Waals surface area (Å²) in [6.45, 7) is 2.36. The van der Waals surface area contributed by atoms with Gasteiger partial charge in [0.15, 0.2) is 0 Å². The highest BCUT2D eigenvalue weighted by atomic mass is 79.9. The van der Waals surface area contributed by atoms with E-state index < -0.39 is 5.97 Å². The van der Waals surface area contributed by atoms with Crippen molar-refractivity contribution in [3.05, 3.63) is 22.4 Å². The molecule has 0 amide bonds. The van der Waals surface area contributed by atoms with E-state index in [0.29, 0.717) is 17.6 Å². The highest BCUT2D eigenvalue weighted by Crippen LogP contribution is 2.15. The van der Waals surface area contributed by atoms with Gasteiger partial charge in [0.05, 0.1) is 13.0 Å². The summed E-state index contributed by atoms with van der Waals surface area (Å²) in [7, 11) is 0. The number of rotatable bonds is 5. The van der Waals surface area contributed by atoms with E-state index >= 15 is 0 Å². The van der Waals surface area contributed by atoms with Gasteiger partial charge in [0.25, 0.3) is 0 Å². The first kappa shape index (κ1) is 12.8. The molecule has 16 heavy (non-hydrogen) atoms. The van der Waals surface area contributed by atoms with Crippen molar-refractivity contribution in [2.75, 3.05) is 6.61 Å². The molecule has 1 aromatic heterocycles. The third-order valence-corrected chi connectivity index (χ3v) is 2.38. The summed E-state index contributed by atoms with van der Waals surface area (Å²) in [4.78, 5) is 22.0. The van der Waals surface area contributed by atoms with Crippen LogP contribution in [-0.2, 0) is 16.1 Å². The lowest BCUT2D eigenvalue weighted by Gasteiger charge is -2.05. The minimum atomic E-state index is -1.02. The van der Waals surface area contributed by atoms with Crippen LogP contribution in [0.4, 0.5) is 0 Å². The smallest absolute Gasteiger partial charge is 0.352 e. The van der Waals surface area contributed by atoms with E-state index in [2.05, 4.69) is 15.9 Å². The Morgan fingerprint density at radius 2 is 2.25 bits per heavy atom. The van der Waals surface area contributed by atoms with E-state index in [0.717, 1.165) is 0 Å². The SMILES string of the molecule is CCOC(=O)CCn1cc(Br)cc1C(=O)O. The summed E-state index contributed by atoms with van der Waals surface area (Å²) in [5.74, 6) is -1.35. The summed E-state index contributed by atoms with van der Waals surface area (Å²) in [6, 6.07) is 1.49. The van der Waals surface area contributed by atoms with Crippen molar-refractivity contribution in [2.24, 2.45) is 0 Å². The molecule has 1 N–H and O–H groups in total. The third kappa shape index (κ3) is 3.37. The number of hydrogen-bond donors (Lipinski definition) is 1. The number of hydrogen-bond acceptors (Lipinski definition) is 3. The molecule has 0 aromatic carbocycles. The minimum Gasteiger partial charge on any atom is -0.477 e. The summed E-state index contributed by atoms with van der Waals surface area (Å²) in [6.07, 6.45) is 1.79. The monoisotopic (exact) mass is 289 g/mol. The first-order chi connectivity index (χ1) is 7.54. The molecule has 0 aliphatic heterocycles. The molecule has 0 aliphatic carbocycles. The Kier molecular flexibility index (Phi) is 4.54. The normalized spacial score (nSPS) is 10.1. The Bertz CT molecular complexity index is 400. The number of carbonyl (C=O) groups is 2. The molecule has 0 unspecified atom stereocenters. The molecule has 0 spiro atoms. The third-order valence-electron chi connectivity index (χ3n) is 1.94. The topological polar surface area (TPSA) is 68.5 Å². The molecule has 0 fully saturated rings. The van der Waals surface area contributed by atoms with Crippen LogP contribution in [0.15, 0.2) is 16.7 Å². The molecule has 0 atom stereocenters. The number of aryl methyl sites for hydroxylation is 1. The van der Waals surface area contributed by atoms with Gasteiger partial charge in [-0.05, 0) is 28.9 Å². The number of aromatic carboxylic acids is 1. The second-order valence-corrected chi connectivity index (χ2v) is 4.01. The average molecular weight is 290 g/mol. The molecule has 0 radical (unpaired) electrons. The zero-order valence-corrected chi connectivity index (χ0v) is 10.4. The van der Waals surface area contributed by atoms with E-state index in [1.165, 1.54) is 10.6 Å². The lowest BCUT2D eigenvalue weighted by molar-refractivity contribution is -0.143. The van der Waals surface area contributed by atoms with Gasteiger partial charge < -0.3 is 14.4 Å². The molecular weight excluding hydrogens is 278 g/mol. The van der Waals surface area contributed by atoms with Gasteiger partial charge in [0.1, 0.15) is 5.69 Å². The van der Waals surface area contributed by atoms with Crippen LogP contribution in [0.2, 0.25) is 0 Å². The Labute approximate surface area is 101 Å². The summed E-state index contributed by atoms with van der Waals surface area (Å²) in [5.41, 5.74) is 0.149. The highest BCUT2D eigenvalue weighted by molar-refractivity contribution is 9.10. The van der Waals surface area contributed by atoms with Gasteiger partial charge >= 0.3 is 11.9 Å². The van der Waals surface area contributed by atoms with Crippen molar-refractivity contribution in [3.63, 3.8) is 0 Å². The number of carbonyl (C=O) groups excluding carboxylic acids is 1. The quantitative estimate of drug-likeness (QED) is 0.841. The molecule has 0 aliphatic rings. The predicted molar refractivity (Wildman–Crippen MR) is 60.3 cm³/mol. The zero-order chi connectivity index (χ0) is 12.1. The minimum absolute atomic E-state index is 0.149. The maximum Gasteiger partial charge on any atom is 0.352 e. The fraction of sp³-hybridized carbons (Fsp3) is 0.400. The molecule has 0 bridgehead atoms. The van der Waals surface area contributed by atoms with Crippen LogP contribution in [0.3, 0.4) is 0 Å². The van der Waals surface area contributed by atoms with Crippen molar-refractivity contribution in [3.8, 4) is 0 Å². The van der Waals surface area contributed by atoms with Gasteiger partial charge in [-0.1, -0.05) is 0 Å².